The number of aryl methyl sites for hydroxylation is 1. The van der Waals surface area contributed by atoms with Crippen LogP contribution in [0.3, 0.4) is 0 Å². The highest BCUT2D eigenvalue weighted by Gasteiger charge is 2.41. The molecule has 21 heavy (non-hydrogen) atoms. The largest absolute Gasteiger partial charge is 0.497 e. The fourth-order valence-electron chi connectivity index (χ4n) is 4.29. The van der Waals surface area contributed by atoms with Crippen molar-refractivity contribution in [3.63, 3.8) is 0 Å². The summed E-state index contributed by atoms with van der Waals surface area (Å²) in [4.78, 5) is 2.77. The van der Waals surface area contributed by atoms with Crippen LogP contribution in [-0.2, 0) is 6.42 Å². The molecule has 0 radical (unpaired) electrons. The van der Waals surface area contributed by atoms with Gasteiger partial charge in [-0.3, -0.25) is 4.90 Å². The van der Waals surface area contributed by atoms with Gasteiger partial charge < -0.3 is 10.5 Å². The van der Waals surface area contributed by atoms with E-state index in [1.54, 1.807) is 7.11 Å². The molecule has 3 rings (SSSR count). The van der Waals surface area contributed by atoms with Crippen molar-refractivity contribution >= 4 is 0 Å². The maximum atomic E-state index is 6.17. The van der Waals surface area contributed by atoms with Crippen molar-refractivity contribution in [1.82, 2.24) is 4.90 Å². The zero-order valence-electron chi connectivity index (χ0n) is 13.3. The quantitative estimate of drug-likeness (QED) is 0.905. The number of nitrogens with two attached hydrogens (primary N) is 1. The number of methoxy groups -OCH3 is 1. The van der Waals surface area contributed by atoms with Crippen LogP contribution in [0, 0.1) is 0 Å². The van der Waals surface area contributed by atoms with E-state index in [0.29, 0.717) is 12.1 Å². The summed E-state index contributed by atoms with van der Waals surface area (Å²) in [5.74, 6) is 0.940. The maximum Gasteiger partial charge on any atom is 0.118 e. The summed E-state index contributed by atoms with van der Waals surface area (Å²) >= 11 is 0. The van der Waals surface area contributed by atoms with Crippen LogP contribution in [-0.4, -0.2) is 36.2 Å². The van der Waals surface area contributed by atoms with Gasteiger partial charge in [0.05, 0.1) is 7.11 Å². The summed E-state index contributed by atoms with van der Waals surface area (Å²) in [5, 5.41) is 0. The predicted molar refractivity (Wildman–Crippen MR) is 86.6 cm³/mol. The van der Waals surface area contributed by atoms with Crippen molar-refractivity contribution in [2.24, 2.45) is 5.73 Å². The van der Waals surface area contributed by atoms with Crippen LogP contribution < -0.4 is 10.5 Å². The van der Waals surface area contributed by atoms with Gasteiger partial charge in [-0.25, -0.2) is 0 Å². The maximum absolute atomic E-state index is 6.17. The Kier molecular flexibility index (Phi) is 4.51. The van der Waals surface area contributed by atoms with Crippen LogP contribution in [0.15, 0.2) is 24.3 Å². The lowest BCUT2D eigenvalue weighted by Gasteiger charge is -2.41. The summed E-state index contributed by atoms with van der Waals surface area (Å²) in [6.07, 6.45) is 7.48. The van der Waals surface area contributed by atoms with E-state index in [0.717, 1.165) is 24.3 Å². The Morgan fingerprint density at radius 1 is 1.19 bits per heavy atom. The molecule has 2 aliphatic heterocycles. The number of ether oxygens (including phenoxy) is 1. The Hall–Kier alpha value is -1.06. The van der Waals surface area contributed by atoms with Gasteiger partial charge in [0.25, 0.3) is 0 Å². The second kappa shape index (κ2) is 6.37. The summed E-state index contributed by atoms with van der Waals surface area (Å²) in [7, 11) is 1.72. The summed E-state index contributed by atoms with van der Waals surface area (Å²) in [6, 6.07) is 11.1. The summed E-state index contributed by atoms with van der Waals surface area (Å²) < 4.78 is 5.22. The van der Waals surface area contributed by atoms with E-state index in [4.69, 9.17) is 10.5 Å². The van der Waals surface area contributed by atoms with Crippen molar-refractivity contribution in [3.05, 3.63) is 29.8 Å². The van der Waals surface area contributed by atoms with E-state index >= 15 is 0 Å². The fourth-order valence-corrected chi connectivity index (χ4v) is 4.29. The minimum absolute atomic E-state index is 0.438. The predicted octanol–water partition coefficient (Wildman–Crippen LogP) is 2.97. The number of hydrogen-bond acceptors (Lipinski definition) is 3. The van der Waals surface area contributed by atoms with Gasteiger partial charge in [-0.2, -0.15) is 0 Å². The summed E-state index contributed by atoms with van der Waals surface area (Å²) in [5.41, 5.74) is 7.58. The number of rotatable bonds is 5. The Labute approximate surface area is 128 Å². The zero-order valence-corrected chi connectivity index (χ0v) is 13.3. The molecule has 2 heterocycles. The molecule has 3 atom stereocenters. The van der Waals surface area contributed by atoms with Crippen molar-refractivity contribution in [2.45, 2.75) is 69.6 Å². The standard InChI is InChI=1S/C18H28N2O/c1-13(3-4-14-5-9-18(21-2)10-6-14)20-16-7-8-17(20)12-15(19)11-16/h5-6,9-10,13,15-17H,3-4,7-8,11-12,19H2,1-2H3. The third kappa shape index (κ3) is 3.24. The van der Waals surface area contributed by atoms with Crippen molar-refractivity contribution in [1.29, 1.82) is 0 Å². The molecule has 0 aromatic heterocycles. The van der Waals surface area contributed by atoms with Gasteiger partial charge in [0.15, 0.2) is 0 Å². The second-order valence-electron chi connectivity index (χ2n) is 6.80. The van der Waals surface area contributed by atoms with E-state index < -0.39 is 0 Å². The van der Waals surface area contributed by atoms with Gasteiger partial charge in [0.2, 0.25) is 0 Å². The zero-order chi connectivity index (χ0) is 14.8. The second-order valence-corrected chi connectivity index (χ2v) is 6.80. The van der Waals surface area contributed by atoms with E-state index in [-0.39, 0.29) is 0 Å². The molecule has 0 aliphatic carbocycles. The first-order valence-electron chi connectivity index (χ1n) is 8.33. The molecule has 1 aromatic rings. The minimum Gasteiger partial charge on any atom is -0.497 e. The van der Waals surface area contributed by atoms with E-state index in [9.17, 15) is 0 Å². The molecule has 116 valence electrons. The first-order valence-corrected chi connectivity index (χ1v) is 8.33. The average Bonchev–Trinajstić information content (AvgIpc) is 2.77. The molecule has 2 fully saturated rings. The molecule has 2 bridgehead atoms. The SMILES string of the molecule is COc1ccc(CCC(C)N2C3CCC2CC(N)C3)cc1. The average molecular weight is 288 g/mol. The van der Waals surface area contributed by atoms with Crippen molar-refractivity contribution < 1.29 is 4.74 Å². The molecule has 3 unspecified atom stereocenters. The smallest absolute Gasteiger partial charge is 0.118 e. The number of hydrogen-bond donors (Lipinski definition) is 1. The Morgan fingerprint density at radius 3 is 2.38 bits per heavy atom. The number of benzene rings is 1. The fraction of sp³-hybridized carbons (Fsp3) is 0.667. The third-order valence-corrected chi connectivity index (χ3v) is 5.34. The minimum atomic E-state index is 0.438. The monoisotopic (exact) mass is 288 g/mol. The lowest BCUT2D eigenvalue weighted by molar-refractivity contribution is 0.0814. The Bertz CT molecular complexity index is 445. The normalized spacial score (nSPS) is 30.3. The molecular formula is C18H28N2O. The van der Waals surface area contributed by atoms with Crippen LogP contribution >= 0.6 is 0 Å². The molecule has 1 aromatic carbocycles. The van der Waals surface area contributed by atoms with Gasteiger partial charge in [0, 0.05) is 24.2 Å². The third-order valence-electron chi connectivity index (χ3n) is 5.34. The first-order chi connectivity index (χ1) is 10.2. The molecule has 2 saturated heterocycles. The van der Waals surface area contributed by atoms with E-state index in [1.165, 1.54) is 37.7 Å². The van der Waals surface area contributed by atoms with E-state index in [1.807, 2.05) is 0 Å². The number of nitrogens with zero attached hydrogens (tertiary/aromatic N) is 1. The van der Waals surface area contributed by atoms with Crippen molar-refractivity contribution in [2.75, 3.05) is 7.11 Å². The van der Waals surface area contributed by atoms with Crippen molar-refractivity contribution in [3.8, 4) is 5.75 Å². The molecular weight excluding hydrogens is 260 g/mol. The first kappa shape index (κ1) is 14.9. The lowest BCUT2D eigenvalue weighted by Crippen LogP contribution is -2.51. The highest BCUT2D eigenvalue weighted by Crippen LogP contribution is 2.37. The van der Waals surface area contributed by atoms with E-state index in [2.05, 4.69) is 36.1 Å². The van der Waals surface area contributed by atoms with Crippen LogP contribution in [0.5, 0.6) is 5.75 Å². The van der Waals surface area contributed by atoms with Gasteiger partial charge in [-0.1, -0.05) is 12.1 Å². The molecule has 3 heteroatoms. The topological polar surface area (TPSA) is 38.5 Å². The Morgan fingerprint density at radius 2 is 1.81 bits per heavy atom. The summed E-state index contributed by atoms with van der Waals surface area (Å²) in [6.45, 7) is 2.39. The van der Waals surface area contributed by atoms with Gasteiger partial charge in [-0.05, 0) is 63.1 Å². The molecule has 2 N–H and O–H groups in total. The molecule has 3 nitrogen and oxygen atoms in total. The molecule has 2 aliphatic rings. The molecule has 0 saturated carbocycles. The highest BCUT2D eigenvalue weighted by molar-refractivity contribution is 5.27. The van der Waals surface area contributed by atoms with Gasteiger partial charge in [0.1, 0.15) is 5.75 Å². The number of fused-ring (bicyclic) bond motifs is 2. The van der Waals surface area contributed by atoms with Crippen LogP contribution in [0.2, 0.25) is 0 Å². The van der Waals surface area contributed by atoms with Gasteiger partial charge in [-0.15, -0.1) is 0 Å². The molecule has 0 spiro atoms. The highest BCUT2D eigenvalue weighted by atomic mass is 16.5. The molecule has 0 amide bonds. The number of piperidine rings is 1. The van der Waals surface area contributed by atoms with Crippen LogP contribution in [0.1, 0.15) is 44.6 Å². The Balaban J connectivity index is 1.55. The lowest BCUT2D eigenvalue weighted by atomic mass is 9.94. The van der Waals surface area contributed by atoms with Gasteiger partial charge >= 0.3 is 0 Å². The van der Waals surface area contributed by atoms with Crippen LogP contribution in [0.25, 0.3) is 0 Å². The van der Waals surface area contributed by atoms with Crippen LogP contribution in [0.4, 0.5) is 0 Å².